The number of nitrogens with one attached hydrogen (secondary N) is 1. The maximum absolute atomic E-state index is 11.8. The van der Waals surface area contributed by atoms with Crippen molar-refractivity contribution in [2.45, 2.75) is 71.5 Å². The lowest BCUT2D eigenvalue weighted by molar-refractivity contribution is -0.142. The summed E-state index contributed by atoms with van der Waals surface area (Å²) in [5.41, 5.74) is 3.17. The molecule has 30 heavy (non-hydrogen) atoms. The molecule has 0 radical (unpaired) electrons. The van der Waals surface area contributed by atoms with Gasteiger partial charge in [-0.2, -0.15) is 0 Å². The minimum Gasteiger partial charge on any atom is -0.480 e. The van der Waals surface area contributed by atoms with Crippen LogP contribution in [0.15, 0.2) is 36.8 Å². The largest absolute Gasteiger partial charge is 0.480 e. The lowest BCUT2D eigenvalue weighted by atomic mass is 10.0. The number of aliphatic carboxylic acids is 2. The van der Waals surface area contributed by atoms with Crippen molar-refractivity contribution in [1.82, 2.24) is 14.9 Å². The second-order valence-electron chi connectivity index (χ2n) is 8.21. The number of aryl methyl sites for hydroxylation is 1. The quantitative estimate of drug-likeness (QED) is 0.463. The molecule has 7 nitrogen and oxygen atoms in total. The zero-order valence-electron chi connectivity index (χ0n) is 18.0. The van der Waals surface area contributed by atoms with Gasteiger partial charge in [0.15, 0.2) is 0 Å². The van der Waals surface area contributed by atoms with Gasteiger partial charge in [-0.05, 0) is 36.3 Å². The first-order chi connectivity index (χ1) is 14.3. The smallest absolute Gasteiger partial charge is 0.321 e. The molecule has 2 atom stereocenters. The van der Waals surface area contributed by atoms with Crippen LogP contribution in [0.3, 0.4) is 0 Å². The van der Waals surface area contributed by atoms with Gasteiger partial charge in [0.25, 0.3) is 0 Å². The maximum atomic E-state index is 11.8. The molecule has 0 aliphatic rings. The normalized spacial score (nSPS) is 13.3. The summed E-state index contributed by atoms with van der Waals surface area (Å²) < 4.78 is 1.91. The Bertz CT molecular complexity index is 814. The van der Waals surface area contributed by atoms with Gasteiger partial charge in [0, 0.05) is 24.9 Å². The van der Waals surface area contributed by atoms with E-state index in [2.05, 4.69) is 41.5 Å². The number of aromatic nitrogens is 2. The van der Waals surface area contributed by atoms with Gasteiger partial charge >= 0.3 is 11.9 Å². The van der Waals surface area contributed by atoms with E-state index < -0.39 is 24.0 Å². The Balaban J connectivity index is 2.08. The molecule has 2 aromatic rings. The van der Waals surface area contributed by atoms with Gasteiger partial charge < -0.3 is 14.8 Å². The molecule has 0 aliphatic heterocycles. The number of nitrogens with zero attached hydrogens (tertiary/aromatic N) is 2. The number of hydrogen-bond donors (Lipinski definition) is 3. The summed E-state index contributed by atoms with van der Waals surface area (Å²) in [6.07, 6.45) is 7.25. The first kappa shape index (κ1) is 23.6. The van der Waals surface area contributed by atoms with Gasteiger partial charge in [-0.15, -0.1) is 0 Å². The second kappa shape index (κ2) is 11.5. The molecule has 3 N–H and O–H groups in total. The molecule has 7 heteroatoms. The average Bonchev–Trinajstić information content (AvgIpc) is 3.12. The maximum Gasteiger partial charge on any atom is 0.321 e. The summed E-state index contributed by atoms with van der Waals surface area (Å²) in [6.45, 7) is 6.59. The van der Waals surface area contributed by atoms with Crippen LogP contribution in [0.25, 0.3) is 0 Å². The molecule has 2 rings (SSSR count). The fourth-order valence-corrected chi connectivity index (χ4v) is 3.43. The zero-order valence-corrected chi connectivity index (χ0v) is 18.0. The van der Waals surface area contributed by atoms with Crippen molar-refractivity contribution >= 4 is 11.9 Å². The molecule has 0 saturated carbocycles. The molecule has 1 aromatic heterocycles. The number of carboxylic acid groups (broad SMARTS) is 2. The van der Waals surface area contributed by atoms with Crippen molar-refractivity contribution < 1.29 is 19.8 Å². The fourth-order valence-electron chi connectivity index (χ4n) is 3.43. The molecule has 1 heterocycles. The molecule has 164 valence electrons. The van der Waals surface area contributed by atoms with E-state index in [0.29, 0.717) is 13.0 Å². The summed E-state index contributed by atoms with van der Waals surface area (Å²) in [6, 6.07) is 6.53. The Morgan fingerprint density at radius 2 is 1.70 bits per heavy atom. The number of imidazole rings is 1. The summed E-state index contributed by atoms with van der Waals surface area (Å²) in [7, 11) is 0. The minimum atomic E-state index is -1.07. The van der Waals surface area contributed by atoms with Gasteiger partial charge in [-0.25, -0.2) is 4.98 Å². The van der Waals surface area contributed by atoms with Crippen LogP contribution in [0, 0.1) is 5.92 Å². The summed E-state index contributed by atoms with van der Waals surface area (Å²) in [5.74, 6) is -1.97. The highest BCUT2D eigenvalue weighted by Gasteiger charge is 2.27. The number of unbranched alkanes of at least 4 members (excludes halogenated alkanes) is 1. The Labute approximate surface area is 178 Å². The van der Waals surface area contributed by atoms with Gasteiger partial charge in [0.2, 0.25) is 0 Å². The standard InChI is InChI=1S/C23H33N3O4/c1-4-5-6-17-7-9-18(10-8-17)14-26-15-24-13-19(26)12-21(23(29)30)25-20(22(27)28)11-16(2)3/h7-10,13,15-16,20-21,25H,4-6,11-12,14H2,1-3H3,(H,27,28)(H,29,30)/t20-,21-/m0/s1. The second-order valence-corrected chi connectivity index (χ2v) is 8.21. The van der Waals surface area contributed by atoms with E-state index in [9.17, 15) is 19.8 Å². The van der Waals surface area contributed by atoms with E-state index >= 15 is 0 Å². The Hall–Kier alpha value is -2.67. The van der Waals surface area contributed by atoms with Crippen LogP contribution < -0.4 is 5.32 Å². The molecular formula is C23H33N3O4. The molecule has 0 spiro atoms. The first-order valence-electron chi connectivity index (χ1n) is 10.6. The highest BCUT2D eigenvalue weighted by molar-refractivity contribution is 5.77. The predicted octanol–water partition coefficient (Wildman–Crippen LogP) is 3.36. The lowest BCUT2D eigenvalue weighted by Gasteiger charge is -2.22. The Morgan fingerprint density at radius 1 is 1.07 bits per heavy atom. The van der Waals surface area contributed by atoms with E-state index in [1.54, 1.807) is 12.5 Å². The summed E-state index contributed by atoms with van der Waals surface area (Å²) >= 11 is 0. The number of carboxylic acids is 2. The third-order valence-corrected chi connectivity index (χ3v) is 5.11. The number of carbonyl (C=O) groups is 2. The van der Waals surface area contributed by atoms with Crippen LogP contribution >= 0.6 is 0 Å². The highest BCUT2D eigenvalue weighted by Crippen LogP contribution is 2.13. The van der Waals surface area contributed by atoms with Crippen LogP contribution in [0.5, 0.6) is 0 Å². The van der Waals surface area contributed by atoms with Gasteiger partial charge in [-0.3, -0.25) is 14.9 Å². The summed E-state index contributed by atoms with van der Waals surface area (Å²) in [4.78, 5) is 27.5. The minimum absolute atomic E-state index is 0.138. The molecular weight excluding hydrogens is 382 g/mol. The topological polar surface area (TPSA) is 104 Å². The van der Waals surface area contributed by atoms with Crippen LogP contribution in [-0.4, -0.2) is 43.8 Å². The van der Waals surface area contributed by atoms with Gasteiger partial charge in [0.05, 0.1) is 6.33 Å². The number of hydrogen-bond acceptors (Lipinski definition) is 4. The van der Waals surface area contributed by atoms with E-state index in [4.69, 9.17) is 0 Å². The van der Waals surface area contributed by atoms with Crippen LogP contribution in [0.1, 0.15) is 56.9 Å². The van der Waals surface area contributed by atoms with E-state index in [-0.39, 0.29) is 12.3 Å². The molecule has 1 aromatic carbocycles. The average molecular weight is 416 g/mol. The summed E-state index contributed by atoms with van der Waals surface area (Å²) in [5, 5.41) is 21.9. The molecule has 0 unspecified atom stereocenters. The van der Waals surface area contributed by atoms with Crippen molar-refractivity contribution in [1.29, 1.82) is 0 Å². The van der Waals surface area contributed by atoms with Crippen molar-refractivity contribution in [2.75, 3.05) is 0 Å². The SMILES string of the molecule is CCCCc1ccc(Cn2cncc2C[C@H](N[C@@H](CC(C)C)C(=O)O)C(=O)O)cc1. The molecule has 0 bridgehead atoms. The first-order valence-corrected chi connectivity index (χ1v) is 10.6. The van der Waals surface area contributed by atoms with E-state index in [1.807, 2.05) is 18.4 Å². The molecule has 0 saturated heterocycles. The highest BCUT2D eigenvalue weighted by atomic mass is 16.4. The third-order valence-electron chi connectivity index (χ3n) is 5.11. The lowest BCUT2D eigenvalue weighted by Crippen LogP contribution is -2.49. The van der Waals surface area contributed by atoms with Crippen molar-refractivity contribution in [2.24, 2.45) is 5.92 Å². The fraction of sp³-hybridized carbons (Fsp3) is 0.522. The van der Waals surface area contributed by atoms with Gasteiger partial charge in [-0.1, -0.05) is 51.5 Å². The molecule has 0 amide bonds. The van der Waals surface area contributed by atoms with E-state index in [0.717, 1.165) is 17.7 Å². The van der Waals surface area contributed by atoms with Gasteiger partial charge in [0.1, 0.15) is 12.1 Å². The van der Waals surface area contributed by atoms with Crippen LogP contribution in [0.4, 0.5) is 0 Å². The van der Waals surface area contributed by atoms with Crippen LogP contribution in [-0.2, 0) is 29.0 Å². The van der Waals surface area contributed by atoms with Crippen LogP contribution in [0.2, 0.25) is 0 Å². The number of benzene rings is 1. The Kier molecular flexibility index (Phi) is 9.05. The Morgan fingerprint density at radius 3 is 2.27 bits per heavy atom. The van der Waals surface area contributed by atoms with Crippen molar-refractivity contribution in [3.63, 3.8) is 0 Å². The third kappa shape index (κ3) is 7.30. The molecule has 0 fully saturated rings. The number of rotatable bonds is 13. The molecule has 0 aliphatic carbocycles. The van der Waals surface area contributed by atoms with E-state index in [1.165, 1.54) is 18.4 Å². The monoisotopic (exact) mass is 415 g/mol. The van der Waals surface area contributed by atoms with Crippen molar-refractivity contribution in [3.8, 4) is 0 Å². The predicted molar refractivity (Wildman–Crippen MR) is 116 cm³/mol. The zero-order chi connectivity index (χ0) is 22.1. The van der Waals surface area contributed by atoms with Crippen molar-refractivity contribution in [3.05, 3.63) is 53.6 Å².